The van der Waals surface area contributed by atoms with E-state index in [1.807, 2.05) is 42.5 Å². The first-order valence-electron chi connectivity index (χ1n) is 13.2. The molecule has 0 atom stereocenters. The summed E-state index contributed by atoms with van der Waals surface area (Å²) < 4.78 is 5.63. The van der Waals surface area contributed by atoms with Crippen LogP contribution in [0, 0.1) is 0 Å². The van der Waals surface area contributed by atoms with Crippen LogP contribution in [0.2, 0.25) is 0 Å². The van der Waals surface area contributed by atoms with Crippen molar-refractivity contribution in [1.29, 1.82) is 0 Å². The molecule has 1 saturated heterocycles. The molecular weight excluding hydrogens is 526 g/mol. The monoisotopic (exact) mass is 557 g/mol. The van der Waals surface area contributed by atoms with Crippen molar-refractivity contribution < 1.29 is 23.9 Å². The number of fused-ring (bicyclic) bond motifs is 1. The van der Waals surface area contributed by atoms with Gasteiger partial charge in [-0.1, -0.05) is 55.9 Å². The number of imide groups is 1. The van der Waals surface area contributed by atoms with Gasteiger partial charge < -0.3 is 15.0 Å². The number of carbonyl (C=O) groups excluding carboxylic acids is 4. The first kappa shape index (κ1) is 27.5. The minimum Gasteiger partial charge on any atom is -0.495 e. The molecule has 0 spiro atoms. The van der Waals surface area contributed by atoms with E-state index in [9.17, 15) is 19.2 Å². The highest BCUT2D eigenvalue weighted by atomic mass is 32.2. The maximum Gasteiger partial charge on any atom is 0.289 e. The van der Waals surface area contributed by atoms with Crippen LogP contribution in [-0.4, -0.2) is 40.7 Å². The fraction of sp³-hybridized carbons (Fsp3) is 0.290. The van der Waals surface area contributed by atoms with E-state index in [-0.39, 0.29) is 35.3 Å². The van der Waals surface area contributed by atoms with Gasteiger partial charge in [0.1, 0.15) is 5.75 Å². The third-order valence-electron chi connectivity index (χ3n) is 7.28. The van der Waals surface area contributed by atoms with Crippen molar-refractivity contribution in [2.75, 3.05) is 23.1 Å². The predicted octanol–water partition coefficient (Wildman–Crippen LogP) is 5.75. The van der Waals surface area contributed by atoms with Gasteiger partial charge in [0.25, 0.3) is 11.1 Å². The van der Waals surface area contributed by atoms with Gasteiger partial charge in [-0.05, 0) is 64.9 Å². The van der Waals surface area contributed by atoms with E-state index in [1.165, 1.54) is 10.5 Å². The van der Waals surface area contributed by atoms with E-state index in [0.717, 1.165) is 34.1 Å². The smallest absolute Gasteiger partial charge is 0.289 e. The zero-order valence-corrected chi connectivity index (χ0v) is 23.5. The zero-order valence-electron chi connectivity index (χ0n) is 22.7. The molecule has 0 aromatic heterocycles. The second-order valence-corrected chi connectivity index (χ2v) is 11.1. The van der Waals surface area contributed by atoms with Gasteiger partial charge >= 0.3 is 0 Å². The van der Waals surface area contributed by atoms with Crippen LogP contribution in [0.15, 0.2) is 60.7 Å². The molecule has 2 aliphatic heterocycles. The molecule has 1 fully saturated rings. The fourth-order valence-electron chi connectivity index (χ4n) is 5.01. The number of rotatable bonds is 8. The molecule has 40 heavy (non-hydrogen) atoms. The number of carbonyl (C=O) groups is 4. The Hall–Kier alpha value is -4.11. The van der Waals surface area contributed by atoms with Crippen LogP contribution in [0.1, 0.15) is 58.8 Å². The predicted molar refractivity (Wildman–Crippen MR) is 156 cm³/mol. The molecule has 5 rings (SSSR count). The van der Waals surface area contributed by atoms with Crippen LogP contribution in [0.25, 0.3) is 0 Å². The van der Waals surface area contributed by atoms with Crippen LogP contribution in [0.3, 0.4) is 0 Å². The Bertz CT molecular complexity index is 1450. The highest BCUT2D eigenvalue weighted by Gasteiger charge is 2.34. The summed E-state index contributed by atoms with van der Waals surface area (Å²) in [7, 11) is 1.56. The van der Waals surface area contributed by atoms with E-state index in [4.69, 9.17) is 4.74 Å². The number of amides is 4. The minimum atomic E-state index is -0.255. The summed E-state index contributed by atoms with van der Waals surface area (Å²) in [4.78, 5) is 53.3. The molecule has 0 radical (unpaired) electrons. The summed E-state index contributed by atoms with van der Waals surface area (Å²) in [5.41, 5.74) is 5.69. The van der Waals surface area contributed by atoms with Gasteiger partial charge in [-0.15, -0.1) is 0 Å². The van der Waals surface area contributed by atoms with Crippen molar-refractivity contribution in [1.82, 2.24) is 4.90 Å². The van der Waals surface area contributed by atoms with Crippen molar-refractivity contribution in [3.8, 4) is 5.75 Å². The van der Waals surface area contributed by atoms with Crippen molar-refractivity contribution >= 4 is 46.1 Å². The molecular formula is C31H31N3O5S. The van der Waals surface area contributed by atoms with Crippen LogP contribution in [0.5, 0.6) is 5.75 Å². The lowest BCUT2D eigenvalue weighted by molar-refractivity contribution is -0.125. The molecule has 206 valence electrons. The molecule has 0 saturated carbocycles. The number of thioether (sulfide) groups is 1. The van der Waals surface area contributed by atoms with Gasteiger partial charge in [0.2, 0.25) is 11.8 Å². The second-order valence-electron chi connectivity index (χ2n) is 10.2. The number of nitrogens with zero attached hydrogens (tertiary/aromatic N) is 2. The average Bonchev–Trinajstić information content (AvgIpc) is 3.27. The van der Waals surface area contributed by atoms with Crippen LogP contribution >= 0.6 is 11.8 Å². The Morgan fingerprint density at radius 3 is 2.25 bits per heavy atom. The number of nitrogens with one attached hydrogen (secondary N) is 1. The Labute approximate surface area is 237 Å². The van der Waals surface area contributed by atoms with E-state index in [1.54, 1.807) is 30.2 Å². The Morgan fingerprint density at radius 2 is 1.62 bits per heavy atom. The highest BCUT2D eigenvalue weighted by molar-refractivity contribution is 8.14. The lowest BCUT2D eigenvalue weighted by Gasteiger charge is -2.33. The van der Waals surface area contributed by atoms with E-state index in [0.29, 0.717) is 42.3 Å². The Balaban J connectivity index is 1.35. The van der Waals surface area contributed by atoms with Gasteiger partial charge in [-0.25, -0.2) is 0 Å². The lowest BCUT2D eigenvalue weighted by atomic mass is 9.94. The largest absolute Gasteiger partial charge is 0.495 e. The molecule has 4 amide bonds. The van der Waals surface area contributed by atoms with Gasteiger partial charge in [0, 0.05) is 17.7 Å². The summed E-state index contributed by atoms with van der Waals surface area (Å²) in [5.74, 6) is 0.664. The third kappa shape index (κ3) is 5.60. The van der Waals surface area contributed by atoms with E-state index >= 15 is 0 Å². The third-order valence-corrected chi connectivity index (χ3v) is 8.14. The summed E-state index contributed by atoms with van der Waals surface area (Å²) in [6.45, 7) is 4.71. The van der Waals surface area contributed by atoms with Crippen LogP contribution in [0.4, 0.5) is 16.2 Å². The molecule has 0 aliphatic carbocycles. The fourth-order valence-corrected chi connectivity index (χ4v) is 5.73. The SMILES string of the molecule is COc1ccc(CN2C(=O)CSC2=O)c2c1N(Cc1ccc(C(=O)Nc3ccc(C(C)C)cc3)cc1)C(=O)CC2. The van der Waals surface area contributed by atoms with E-state index < -0.39 is 0 Å². The molecule has 2 heterocycles. The maximum absolute atomic E-state index is 13.1. The summed E-state index contributed by atoms with van der Waals surface area (Å²) >= 11 is 1.01. The average molecular weight is 558 g/mol. The van der Waals surface area contributed by atoms with Crippen molar-refractivity contribution in [3.05, 3.63) is 88.5 Å². The molecule has 2 aliphatic rings. The second kappa shape index (κ2) is 11.6. The van der Waals surface area contributed by atoms with Crippen molar-refractivity contribution in [2.45, 2.75) is 45.7 Å². The van der Waals surface area contributed by atoms with Gasteiger partial charge in [-0.2, -0.15) is 0 Å². The molecule has 3 aromatic rings. The van der Waals surface area contributed by atoms with Crippen LogP contribution in [-0.2, 0) is 29.1 Å². The lowest BCUT2D eigenvalue weighted by Crippen LogP contribution is -2.36. The topological polar surface area (TPSA) is 96.0 Å². The Morgan fingerprint density at radius 1 is 0.900 bits per heavy atom. The van der Waals surface area contributed by atoms with Crippen molar-refractivity contribution in [3.63, 3.8) is 0 Å². The molecule has 9 heteroatoms. The van der Waals surface area contributed by atoms with Gasteiger partial charge in [-0.3, -0.25) is 24.1 Å². The maximum atomic E-state index is 13.1. The van der Waals surface area contributed by atoms with Crippen molar-refractivity contribution in [2.24, 2.45) is 0 Å². The molecule has 8 nitrogen and oxygen atoms in total. The summed E-state index contributed by atoms with van der Waals surface area (Å²) in [5, 5.41) is 2.67. The standard InChI is InChI=1S/C31H31N3O5S/c1-19(2)21-8-11-24(12-9-21)32-30(37)22-6-4-20(5-7-22)16-33-27(35)15-13-25-23(10-14-26(39-3)29(25)33)17-34-28(36)18-40-31(34)38/h4-12,14,19H,13,15-18H2,1-3H3,(H,32,37). The number of benzene rings is 3. The molecule has 1 N–H and O–H groups in total. The molecule has 0 bridgehead atoms. The number of ether oxygens (including phenoxy) is 1. The highest BCUT2D eigenvalue weighted by Crippen LogP contribution is 2.40. The van der Waals surface area contributed by atoms with Gasteiger partial charge in [0.05, 0.1) is 31.6 Å². The molecule has 3 aromatic carbocycles. The quantitative estimate of drug-likeness (QED) is 0.379. The number of hydrogen-bond acceptors (Lipinski definition) is 6. The molecule has 0 unspecified atom stereocenters. The minimum absolute atomic E-state index is 0.0431. The number of methoxy groups -OCH3 is 1. The summed E-state index contributed by atoms with van der Waals surface area (Å²) in [6.07, 6.45) is 0.803. The first-order chi connectivity index (χ1) is 19.2. The summed E-state index contributed by atoms with van der Waals surface area (Å²) in [6, 6.07) is 18.6. The number of hydrogen-bond donors (Lipinski definition) is 1. The first-order valence-corrected chi connectivity index (χ1v) is 14.2. The normalized spacial score (nSPS) is 15.1. The van der Waals surface area contributed by atoms with E-state index in [2.05, 4.69) is 19.2 Å². The number of anilines is 2. The van der Waals surface area contributed by atoms with Crippen LogP contribution < -0.4 is 15.0 Å². The Kier molecular flexibility index (Phi) is 7.93. The zero-order chi connectivity index (χ0) is 28.4. The van der Waals surface area contributed by atoms with Gasteiger partial charge in [0.15, 0.2) is 0 Å².